The van der Waals surface area contributed by atoms with E-state index >= 15 is 0 Å². The molecule has 57 heavy (non-hydrogen) atoms. The van der Waals surface area contributed by atoms with Crippen LogP contribution in [0.25, 0.3) is 0 Å². The number of phenols is 2. The van der Waals surface area contributed by atoms with Crippen molar-refractivity contribution in [2.45, 2.75) is 68.6 Å². The highest BCUT2D eigenvalue weighted by Crippen LogP contribution is 2.33. The van der Waals surface area contributed by atoms with Gasteiger partial charge in [-0.25, -0.2) is 16.8 Å². The molecular weight excluding hydrogens is 773 g/mol. The Labute approximate surface area is 334 Å². The van der Waals surface area contributed by atoms with Crippen LogP contribution in [0.2, 0.25) is 0 Å². The lowest BCUT2D eigenvalue weighted by molar-refractivity contribution is 0.101. The zero-order valence-electron chi connectivity index (χ0n) is 32.6. The predicted octanol–water partition coefficient (Wildman–Crippen LogP) is 6.66. The summed E-state index contributed by atoms with van der Waals surface area (Å²) >= 11 is 0. The molecule has 0 unspecified atom stereocenters. The lowest BCUT2D eigenvalue weighted by Gasteiger charge is -2.26. The Morgan fingerprint density at radius 2 is 0.895 bits per heavy atom. The number of sulfonamides is 2. The summed E-state index contributed by atoms with van der Waals surface area (Å²) in [6.07, 6.45) is 6.27. The fourth-order valence-electron chi connectivity index (χ4n) is 6.59. The van der Waals surface area contributed by atoms with E-state index in [4.69, 9.17) is 9.47 Å². The van der Waals surface area contributed by atoms with Gasteiger partial charge in [0.15, 0.2) is 0 Å². The molecule has 2 fully saturated rings. The van der Waals surface area contributed by atoms with Crippen molar-refractivity contribution < 1.29 is 46.1 Å². The van der Waals surface area contributed by atoms with E-state index in [9.17, 15) is 36.6 Å². The van der Waals surface area contributed by atoms with Crippen LogP contribution in [-0.2, 0) is 20.0 Å². The van der Waals surface area contributed by atoms with Crippen molar-refractivity contribution in [1.82, 2.24) is 8.61 Å². The van der Waals surface area contributed by atoms with Gasteiger partial charge in [-0.15, -0.1) is 0 Å². The number of benzene rings is 4. The number of ether oxygens (including phenoxy) is 2. The average molecular weight is 823 g/mol. The second-order valence-corrected chi connectivity index (χ2v) is 17.8. The summed E-state index contributed by atoms with van der Waals surface area (Å²) in [6, 6.07) is 18.3. The van der Waals surface area contributed by atoms with E-state index in [0.29, 0.717) is 26.2 Å². The van der Waals surface area contributed by atoms with E-state index in [2.05, 4.69) is 10.6 Å². The summed E-state index contributed by atoms with van der Waals surface area (Å²) in [6.45, 7) is 5.51. The summed E-state index contributed by atoms with van der Waals surface area (Å²) in [5.41, 5.74) is 2.61. The number of carbonyl (C=O) groups is 2. The van der Waals surface area contributed by atoms with E-state index in [1.165, 1.54) is 71.4 Å². The minimum atomic E-state index is -3.79. The summed E-state index contributed by atoms with van der Waals surface area (Å²) in [4.78, 5) is 25.3. The molecule has 6 rings (SSSR count). The van der Waals surface area contributed by atoms with Gasteiger partial charge >= 0.3 is 0 Å². The maximum Gasteiger partial charge on any atom is 0.255 e. The Balaban J connectivity index is 0.000000218. The molecule has 0 atom stereocenters. The Morgan fingerprint density at radius 1 is 0.544 bits per heavy atom. The number of methoxy groups -OCH3 is 2. The van der Waals surface area contributed by atoms with Crippen LogP contribution in [0, 0.1) is 13.8 Å². The monoisotopic (exact) mass is 822 g/mol. The SMILES string of the molecule is COc1ccc(C(=O)Nc2cc(C)ccc2O)cc1S(=O)(=O)N1CCCCC1.COc1ccc(C(=O)Nc2cc(C)ccc2O)cc1S(=O)(=O)N1CCCCCC1. The molecule has 0 spiro atoms. The Bertz CT molecular complexity index is 2300. The van der Waals surface area contributed by atoms with E-state index in [1.54, 1.807) is 24.3 Å². The van der Waals surface area contributed by atoms with Crippen molar-refractivity contribution in [2.75, 3.05) is 51.0 Å². The number of aryl methyl sites for hydroxylation is 2. The van der Waals surface area contributed by atoms with Gasteiger partial charge < -0.3 is 30.3 Å². The zero-order chi connectivity index (χ0) is 41.3. The highest BCUT2D eigenvalue weighted by Gasteiger charge is 2.31. The van der Waals surface area contributed by atoms with Crippen molar-refractivity contribution in [3.05, 3.63) is 95.1 Å². The molecule has 2 heterocycles. The number of amides is 2. The van der Waals surface area contributed by atoms with E-state index in [-0.39, 0.29) is 55.3 Å². The molecule has 2 aliphatic heterocycles. The van der Waals surface area contributed by atoms with Crippen molar-refractivity contribution in [3.63, 3.8) is 0 Å². The number of nitrogens with one attached hydrogen (secondary N) is 2. The van der Waals surface area contributed by atoms with Gasteiger partial charge in [0.1, 0.15) is 32.8 Å². The Kier molecular flexibility index (Phi) is 14.2. The maximum absolute atomic E-state index is 13.2. The number of phenolic OH excluding ortho intramolecular Hbond substituents is 2. The summed E-state index contributed by atoms with van der Waals surface area (Å²) < 4.78 is 66.0. The topological polar surface area (TPSA) is 192 Å². The number of piperidine rings is 1. The van der Waals surface area contributed by atoms with Crippen LogP contribution < -0.4 is 20.1 Å². The third kappa shape index (κ3) is 10.4. The number of carbonyl (C=O) groups excluding carboxylic acids is 2. The molecule has 306 valence electrons. The number of aromatic hydroxyl groups is 2. The Morgan fingerprint density at radius 3 is 1.25 bits per heavy atom. The van der Waals surface area contributed by atoms with Gasteiger partial charge in [-0.1, -0.05) is 31.4 Å². The normalized spacial score (nSPS) is 15.4. The standard InChI is InChI=1S/C21H26N2O5S.C20H24N2O5S/c1-15-7-9-18(24)17(13-15)22-21(25)16-8-10-19(28-2)20(14-16)29(26,27)23-11-5-3-4-6-12-23;1-14-6-8-17(23)16(12-14)21-20(24)15-7-9-18(27-2)19(13-15)28(25,26)22-10-4-3-5-11-22/h7-10,13-14,24H,3-6,11-12H2,1-2H3,(H,22,25);6-9,12-13,23H,3-5,10-11H2,1-2H3,(H,21,24). The van der Waals surface area contributed by atoms with Crippen molar-refractivity contribution in [3.8, 4) is 23.0 Å². The van der Waals surface area contributed by atoms with Crippen LogP contribution in [0.1, 0.15) is 76.8 Å². The van der Waals surface area contributed by atoms with Gasteiger partial charge in [0.25, 0.3) is 11.8 Å². The highest BCUT2D eigenvalue weighted by molar-refractivity contribution is 7.89. The molecule has 14 nitrogen and oxygen atoms in total. The van der Waals surface area contributed by atoms with Crippen LogP contribution in [-0.4, -0.2) is 87.9 Å². The third-order valence-electron chi connectivity index (χ3n) is 9.77. The molecular formula is C41H50N4O10S2. The molecule has 0 radical (unpaired) electrons. The second kappa shape index (κ2) is 18.9. The summed E-state index contributed by atoms with van der Waals surface area (Å²) in [5.74, 6) is -0.757. The highest BCUT2D eigenvalue weighted by atomic mass is 32.2. The smallest absolute Gasteiger partial charge is 0.255 e. The number of hydrogen-bond donors (Lipinski definition) is 4. The molecule has 4 N–H and O–H groups in total. The first-order valence-corrected chi connectivity index (χ1v) is 21.6. The van der Waals surface area contributed by atoms with E-state index in [0.717, 1.165) is 56.1 Å². The lowest BCUT2D eigenvalue weighted by atomic mass is 10.1. The molecule has 0 aliphatic carbocycles. The van der Waals surface area contributed by atoms with E-state index in [1.807, 2.05) is 13.8 Å². The molecule has 4 aromatic carbocycles. The number of hydrogen-bond acceptors (Lipinski definition) is 10. The molecule has 0 bridgehead atoms. The first kappa shape index (κ1) is 43.0. The van der Waals surface area contributed by atoms with E-state index < -0.39 is 31.9 Å². The Hall–Kier alpha value is -5.16. The largest absolute Gasteiger partial charge is 0.506 e. The average Bonchev–Trinajstić information content (AvgIpc) is 3.51. The minimum absolute atomic E-state index is 0.0250. The van der Waals surface area contributed by atoms with Crippen LogP contribution in [0.4, 0.5) is 11.4 Å². The first-order chi connectivity index (χ1) is 27.1. The van der Waals surface area contributed by atoms with Crippen LogP contribution in [0.5, 0.6) is 23.0 Å². The van der Waals surface area contributed by atoms with Crippen LogP contribution in [0.15, 0.2) is 82.6 Å². The maximum atomic E-state index is 13.2. The predicted molar refractivity (Wildman–Crippen MR) is 217 cm³/mol. The summed E-state index contributed by atoms with van der Waals surface area (Å²) in [5, 5.41) is 25.1. The number of rotatable bonds is 10. The number of anilines is 2. The molecule has 4 aromatic rings. The zero-order valence-corrected chi connectivity index (χ0v) is 34.2. The fourth-order valence-corrected chi connectivity index (χ4v) is 9.99. The van der Waals surface area contributed by atoms with Crippen molar-refractivity contribution in [1.29, 1.82) is 0 Å². The van der Waals surface area contributed by atoms with Crippen LogP contribution >= 0.6 is 0 Å². The molecule has 2 aliphatic rings. The van der Waals surface area contributed by atoms with Crippen molar-refractivity contribution >= 4 is 43.2 Å². The van der Waals surface area contributed by atoms with Gasteiger partial charge in [-0.3, -0.25) is 9.59 Å². The number of nitrogens with zero attached hydrogens (tertiary/aromatic N) is 2. The lowest BCUT2D eigenvalue weighted by Crippen LogP contribution is -2.35. The second-order valence-electron chi connectivity index (χ2n) is 14.0. The van der Waals surface area contributed by atoms with Gasteiger partial charge in [0.2, 0.25) is 20.0 Å². The first-order valence-electron chi connectivity index (χ1n) is 18.7. The molecule has 0 saturated carbocycles. The van der Waals surface area contributed by atoms with Crippen LogP contribution in [0.3, 0.4) is 0 Å². The molecule has 0 aromatic heterocycles. The van der Waals surface area contributed by atoms with Gasteiger partial charge in [0, 0.05) is 37.3 Å². The quantitative estimate of drug-likeness (QED) is 0.126. The third-order valence-corrected chi connectivity index (χ3v) is 13.6. The molecule has 2 saturated heterocycles. The fraction of sp³-hybridized carbons (Fsp3) is 0.366. The van der Waals surface area contributed by atoms with Gasteiger partial charge in [0.05, 0.1) is 25.6 Å². The van der Waals surface area contributed by atoms with Gasteiger partial charge in [-0.2, -0.15) is 8.61 Å². The molecule has 16 heteroatoms. The minimum Gasteiger partial charge on any atom is -0.506 e. The molecule has 2 amide bonds. The summed E-state index contributed by atoms with van der Waals surface area (Å²) in [7, 11) is -4.76. The van der Waals surface area contributed by atoms with Crippen molar-refractivity contribution in [2.24, 2.45) is 0 Å². The van der Waals surface area contributed by atoms with Gasteiger partial charge in [-0.05, 0) is 111 Å².